The Bertz CT molecular complexity index is 1170. The second-order valence-corrected chi connectivity index (χ2v) is 7.28. The SMILES string of the molecule is Nc1cc2c3c(c1)C(c1ccccc1)=N[C@H](NC(=O)c1cccnc1)C(=O)N3CC2. The van der Waals surface area contributed by atoms with Crippen LogP contribution in [0.5, 0.6) is 0 Å². The van der Waals surface area contributed by atoms with Gasteiger partial charge in [-0.25, -0.2) is 4.99 Å². The van der Waals surface area contributed by atoms with Gasteiger partial charge in [-0.05, 0) is 36.2 Å². The Morgan fingerprint density at radius 3 is 2.73 bits per heavy atom. The smallest absolute Gasteiger partial charge is 0.272 e. The molecule has 3 aromatic rings. The van der Waals surface area contributed by atoms with Gasteiger partial charge in [0, 0.05) is 35.8 Å². The summed E-state index contributed by atoms with van der Waals surface area (Å²) in [6.07, 6.45) is 2.71. The minimum Gasteiger partial charge on any atom is -0.399 e. The van der Waals surface area contributed by atoms with Gasteiger partial charge < -0.3 is 16.0 Å². The minimum atomic E-state index is -1.05. The van der Waals surface area contributed by atoms with E-state index in [1.807, 2.05) is 42.5 Å². The van der Waals surface area contributed by atoms with Crippen LogP contribution < -0.4 is 16.0 Å². The van der Waals surface area contributed by atoms with Crippen LogP contribution in [0.3, 0.4) is 0 Å². The maximum absolute atomic E-state index is 13.4. The number of benzene rings is 2. The molecule has 2 aliphatic heterocycles. The van der Waals surface area contributed by atoms with Crippen molar-refractivity contribution in [3.8, 4) is 0 Å². The Morgan fingerprint density at radius 2 is 1.97 bits per heavy atom. The van der Waals surface area contributed by atoms with Gasteiger partial charge >= 0.3 is 0 Å². The van der Waals surface area contributed by atoms with Crippen LogP contribution in [0.15, 0.2) is 72.0 Å². The highest BCUT2D eigenvalue weighted by molar-refractivity contribution is 6.21. The van der Waals surface area contributed by atoms with Crippen molar-refractivity contribution < 1.29 is 9.59 Å². The molecule has 0 saturated heterocycles. The van der Waals surface area contributed by atoms with Crippen molar-refractivity contribution in [1.82, 2.24) is 10.3 Å². The Morgan fingerprint density at radius 1 is 1.13 bits per heavy atom. The number of carbonyl (C=O) groups excluding carboxylic acids is 2. The molecule has 1 atom stereocenters. The number of carbonyl (C=O) groups is 2. The molecule has 0 saturated carbocycles. The van der Waals surface area contributed by atoms with E-state index in [-0.39, 0.29) is 5.91 Å². The van der Waals surface area contributed by atoms with Crippen LogP contribution in [-0.2, 0) is 11.2 Å². The Labute approximate surface area is 173 Å². The van der Waals surface area contributed by atoms with E-state index in [0.717, 1.165) is 22.4 Å². The van der Waals surface area contributed by atoms with Gasteiger partial charge in [0.1, 0.15) is 0 Å². The number of nitrogens with two attached hydrogens (primary N) is 1. The van der Waals surface area contributed by atoms with E-state index in [1.165, 1.54) is 6.20 Å². The zero-order chi connectivity index (χ0) is 20.7. The Kier molecular flexibility index (Phi) is 4.28. The van der Waals surface area contributed by atoms with Crippen LogP contribution in [-0.4, -0.2) is 35.2 Å². The number of pyridine rings is 1. The average Bonchev–Trinajstić information content (AvgIpc) is 3.16. The maximum Gasteiger partial charge on any atom is 0.272 e. The van der Waals surface area contributed by atoms with Crippen molar-refractivity contribution in [3.63, 3.8) is 0 Å². The van der Waals surface area contributed by atoms with E-state index >= 15 is 0 Å². The number of nitrogens with zero attached hydrogens (tertiary/aromatic N) is 3. The molecule has 0 unspecified atom stereocenters. The fourth-order valence-corrected chi connectivity index (χ4v) is 4.00. The molecule has 0 fully saturated rings. The number of rotatable bonds is 3. The summed E-state index contributed by atoms with van der Waals surface area (Å²) in [4.78, 5) is 36.5. The number of nitrogen functional groups attached to an aromatic ring is 1. The summed E-state index contributed by atoms with van der Waals surface area (Å²) in [5.74, 6) is -0.662. The first kappa shape index (κ1) is 18.1. The lowest BCUT2D eigenvalue weighted by Crippen LogP contribution is -2.47. The van der Waals surface area contributed by atoms with Crippen LogP contribution in [0.4, 0.5) is 11.4 Å². The van der Waals surface area contributed by atoms with E-state index < -0.39 is 12.1 Å². The molecule has 0 radical (unpaired) electrons. The fraction of sp³-hybridized carbons (Fsp3) is 0.130. The Balaban J connectivity index is 1.64. The van der Waals surface area contributed by atoms with Crippen LogP contribution in [0, 0.1) is 0 Å². The van der Waals surface area contributed by atoms with Crippen molar-refractivity contribution >= 4 is 28.9 Å². The van der Waals surface area contributed by atoms with Crippen molar-refractivity contribution in [2.75, 3.05) is 17.2 Å². The summed E-state index contributed by atoms with van der Waals surface area (Å²) < 4.78 is 0. The highest BCUT2D eigenvalue weighted by Crippen LogP contribution is 2.37. The normalized spacial score (nSPS) is 17.2. The molecular formula is C23H19N5O2. The molecule has 30 heavy (non-hydrogen) atoms. The van der Waals surface area contributed by atoms with Crippen molar-refractivity contribution in [3.05, 3.63) is 89.2 Å². The molecule has 3 heterocycles. The monoisotopic (exact) mass is 397 g/mol. The molecule has 0 bridgehead atoms. The molecule has 5 rings (SSSR count). The third kappa shape index (κ3) is 3.00. The predicted octanol–water partition coefficient (Wildman–Crippen LogP) is 2.16. The summed E-state index contributed by atoms with van der Waals surface area (Å²) in [5, 5.41) is 2.77. The first-order valence-electron chi connectivity index (χ1n) is 9.70. The van der Waals surface area contributed by atoms with Gasteiger partial charge in [0.2, 0.25) is 6.17 Å². The van der Waals surface area contributed by atoms with E-state index in [0.29, 0.717) is 29.9 Å². The molecule has 2 aliphatic rings. The molecule has 2 amide bonds. The second kappa shape index (κ2) is 7.11. The largest absolute Gasteiger partial charge is 0.399 e. The summed E-state index contributed by atoms with van der Waals surface area (Å²) >= 11 is 0. The first-order valence-corrected chi connectivity index (χ1v) is 9.70. The number of aliphatic imine (C=N–C) groups is 1. The molecule has 2 aromatic carbocycles. The van der Waals surface area contributed by atoms with Crippen LogP contribution in [0.25, 0.3) is 0 Å². The third-order valence-electron chi connectivity index (χ3n) is 5.34. The van der Waals surface area contributed by atoms with E-state index in [9.17, 15) is 9.59 Å². The zero-order valence-electron chi connectivity index (χ0n) is 16.1. The van der Waals surface area contributed by atoms with E-state index in [4.69, 9.17) is 10.7 Å². The lowest BCUT2D eigenvalue weighted by molar-refractivity contribution is -0.120. The molecular weight excluding hydrogens is 378 g/mol. The summed E-state index contributed by atoms with van der Waals surface area (Å²) in [5.41, 5.74) is 11.3. The van der Waals surface area contributed by atoms with Crippen molar-refractivity contribution in [2.24, 2.45) is 4.99 Å². The summed E-state index contributed by atoms with van der Waals surface area (Å²) in [6, 6.07) is 16.7. The number of nitrogens with one attached hydrogen (secondary N) is 1. The zero-order valence-corrected chi connectivity index (χ0v) is 16.1. The topological polar surface area (TPSA) is 101 Å². The second-order valence-electron chi connectivity index (χ2n) is 7.28. The lowest BCUT2D eigenvalue weighted by Gasteiger charge is -2.21. The number of hydrogen-bond donors (Lipinski definition) is 2. The molecule has 0 spiro atoms. The van der Waals surface area contributed by atoms with Crippen molar-refractivity contribution in [2.45, 2.75) is 12.6 Å². The highest BCUT2D eigenvalue weighted by Gasteiger charge is 2.37. The number of anilines is 2. The minimum absolute atomic E-state index is 0.261. The quantitative estimate of drug-likeness (QED) is 0.662. The van der Waals surface area contributed by atoms with Gasteiger partial charge in [0.05, 0.1) is 17.0 Å². The van der Waals surface area contributed by atoms with Crippen LogP contribution >= 0.6 is 0 Å². The maximum atomic E-state index is 13.4. The average molecular weight is 397 g/mol. The molecule has 148 valence electrons. The molecule has 3 N–H and O–H groups in total. The number of amides is 2. The van der Waals surface area contributed by atoms with Crippen LogP contribution in [0.2, 0.25) is 0 Å². The molecule has 0 aliphatic carbocycles. The van der Waals surface area contributed by atoms with Gasteiger partial charge in [-0.15, -0.1) is 0 Å². The highest BCUT2D eigenvalue weighted by atomic mass is 16.2. The summed E-state index contributed by atoms with van der Waals surface area (Å²) in [6.45, 7) is 0.529. The predicted molar refractivity (Wildman–Crippen MR) is 114 cm³/mol. The van der Waals surface area contributed by atoms with E-state index in [2.05, 4.69) is 10.3 Å². The fourth-order valence-electron chi connectivity index (χ4n) is 4.00. The standard InChI is InChI=1S/C23H19N5O2/c24-17-11-15-8-10-28-20(15)18(12-17)19(14-5-2-1-3-6-14)26-21(23(28)30)27-22(29)16-7-4-9-25-13-16/h1-7,9,11-13,21H,8,10,24H2,(H,27,29)/t21-/m1/s1. The number of hydrogen-bond acceptors (Lipinski definition) is 5. The first-order chi connectivity index (χ1) is 14.6. The third-order valence-corrected chi connectivity index (χ3v) is 5.34. The van der Waals surface area contributed by atoms with Gasteiger partial charge in [-0.3, -0.25) is 14.6 Å². The lowest BCUT2D eigenvalue weighted by atomic mass is 9.97. The van der Waals surface area contributed by atoms with Gasteiger partial charge in [0.25, 0.3) is 11.8 Å². The Hall–Kier alpha value is -4.00. The molecule has 7 heteroatoms. The van der Waals surface area contributed by atoms with E-state index in [1.54, 1.807) is 23.2 Å². The molecule has 1 aromatic heterocycles. The van der Waals surface area contributed by atoms with Gasteiger partial charge in [0.15, 0.2) is 0 Å². The van der Waals surface area contributed by atoms with Crippen LogP contribution in [0.1, 0.15) is 27.0 Å². The van der Waals surface area contributed by atoms with Gasteiger partial charge in [-0.1, -0.05) is 30.3 Å². The van der Waals surface area contributed by atoms with Crippen molar-refractivity contribution in [1.29, 1.82) is 0 Å². The number of aromatic nitrogens is 1. The van der Waals surface area contributed by atoms with Gasteiger partial charge in [-0.2, -0.15) is 0 Å². The molecule has 7 nitrogen and oxygen atoms in total. The summed E-state index contributed by atoms with van der Waals surface area (Å²) in [7, 11) is 0.